The molecule has 1 unspecified atom stereocenters. The first-order chi connectivity index (χ1) is 15.1. The normalized spacial score (nSPS) is 16.6. The van der Waals surface area contributed by atoms with Crippen molar-refractivity contribution in [2.45, 2.75) is 32.2 Å². The van der Waals surface area contributed by atoms with Crippen LogP contribution in [0.3, 0.4) is 0 Å². The van der Waals surface area contributed by atoms with Crippen LogP contribution in [-0.4, -0.2) is 32.1 Å². The Kier molecular flexibility index (Phi) is 4.98. The predicted octanol–water partition coefficient (Wildman–Crippen LogP) is 5.24. The van der Waals surface area contributed by atoms with Crippen LogP contribution in [-0.2, 0) is 0 Å². The number of hydrogen-bond donors (Lipinski definition) is 0. The lowest BCUT2D eigenvalue weighted by atomic mass is 9.94. The minimum atomic E-state index is -0.385. The van der Waals surface area contributed by atoms with Crippen molar-refractivity contribution < 1.29 is 9.18 Å². The van der Waals surface area contributed by atoms with Crippen LogP contribution < -0.4 is 0 Å². The van der Waals surface area contributed by atoms with E-state index in [1.54, 1.807) is 24.4 Å². The van der Waals surface area contributed by atoms with Crippen molar-refractivity contribution >= 4 is 16.9 Å². The van der Waals surface area contributed by atoms with Gasteiger partial charge in [0.1, 0.15) is 11.5 Å². The molecule has 3 heterocycles. The number of fused-ring (bicyclic) bond motifs is 1. The number of halogens is 1. The molecule has 1 amide bonds. The first-order valence-corrected chi connectivity index (χ1v) is 10.6. The number of benzene rings is 2. The fourth-order valence-corrected chi connectivity index (χ4v) is 4.45. The van der Waals surface area contributed by atoms with Crippen molar-refractivity contribution in [2.75, 3.05) is 6.54 Å². The minimum absolute atomic E-state index is 0.0304. The number of carbonyl (C=O) groups excluding carboxylic acids is 1. The largest absolute Gasteiger partial charge is 0.332 e. The fourth-order valence-electron chi connectivity index (χ4n) is 4.45. The smallest absolute Gasteiger partial charge is 0.255 e. The fraction of sp³-hybridized carbons (Fsp3) is 0.240. The molecule has 0 aliphatic carbocycles. The Hall–Kier alpha value is -3.54. The Labute approximate surface area is 180 Å². The Morgan fingerprint density at radius 1 is 1.06 bits per heavy atom. The molecule has 1 aliphatic rings. The molecule has 4 aromatic rings. The maximum atomic E-state index is 14.4. The van der Waals surface area contributed by atoms with E-state index < -0.39 is 0 Å². The average molecular weight is 414 g/mol. The number of hydrogen-bond acceptors (Lipinski definition) is 3. The lowest BCUT2D eigenvalue weighted by Crippen LogP contribution is -2.38. The van der Waals surface area contributed by atoms with Crippen LogP contribution in [0.2, 0.25) is 0 Å². The SMILES string of the molecule is Cc1cc(C(=O)N2CCCCC2c2ccccc2)c2cnn(-c3ccccc3F)c2n1. The third kappa shape index (κ3) is 3.48. The highest BCUT2D eigenvalue weighted by atomic mass is 19.1. The summed E-state index contributed by atoms with van der Waals surface area (Å²) in [5.74, 6) is -0.416. The summed E-state index contributed by atoms with van der Waals surface area (Å²) in [6, 6.07) is 18.5. The number of aromatic nitrogens is 3. The molecular formula is C25H23FN4O. The van der Waals surface area contributed by atoms with Crippen LogP contribution in [0.5, 0.6) is 0 Å². The lowest BCUT2D eigenvalue weighted by Gasteiger charge is -2.36. The van der Waals surface area contributed by atoms with Gasteiger partial charge in [0.15, 0.2) is 5.65 Å². The summed E-state index contributed by atoms with van der Waals surface area (Å²) < 4.78 is 15.9. The van der Waals surface area contributed by atoms with Crippen molar-refractivity contribution in [3.63, 3.8) is 0 Å². The van der Waals surface area contributed by atoms with Gasteiger partial charge in [-0.05, 0) is 49.9 Å². The standard InChI is InChI=1S/C25H23FN4O/c1-17-15-19(20-16-27-30(24(20)28-17)23-13-6-5-11-21(23)26)25(31)29-14-8-7-12-22(29)18-9-3-2-4-10-18/h2-6,9-11,13,15-16,22H,7-8,12,14H2,1H3. The predicted molar refractivity (Wildman–Crippen MR) is 118 cm³/mol. The topological polar surface area (TPSA) is 51.0 Å². The third-order valence-corrected chi connectivity index (χ3v) is 5.93. The molecule has 2 aromatic carbocycles. The van der Waals surface area contributed by atoms with Gasteiger partial charge in [0.25, 0.3) is 5.91 Å². The highest BCUT2D eigenvalue weighted by Gasteiger charge is 2.30. The molecule has 6 heteroatoms. The number of pyridine rings is 1. The van der Waals surface area contributed by atoms with E-state index in [4.69, 9.17) is 0 Å². The van der Waals surface area contributed by atoms with E-state index in [0.29, 0.717) is 34.5 Å². The number of amides is 1. The van der Waals surface area contributed by atoms with Gasteiger partial charge in [-0.2, -0.15) is 5.10 Å². The first-order valence-electron chi connectivity index (χ1n) is 10.6. The number of rotatable bonds is 3. The van der Waals surface area contributed by atoms with Gasteiger partial charge in [-0.3, -0.25) is 4.79 Å². The highest BCUT2D eigenvalue weighted by Crippen LogP contribution is 2.33. The van der Waals surface area contributed by atoms with Crippen molar-refractivity contribution in [1.29, 1.82) is 0 Å². The molecule has 1 fully saturated rings. The Morgan fingerprint density at radius 2 is 1.84 bits per heavy atom. The van der Waals surface area contributed by atoms with E-state index in [2.05, 4.69) is 22.2 Å². The second-order valence-electron chi connectivity index (χ2n) is 7.98. The summed E-state index contributed by atoms with van der Waals surface area (Å²) >= 11 is 0. The van der Waals surface area contributed by atoms with Crippen LogP contribution >= 0.6 is 0 Å². The number of aryl methyl sites for hydroxylation is 1. The van der Waals surface area contributed by atoms with Gasteiger partial charge in [0.2, 0.25) is 0 Å². The summed E-state index contributed by atoms with van der Waals surface area (Å²) in [4.78, 5) is 20.3. The zero-order valence-electron chi connectivity index (χ0n) is 17.3. The molecule has 1 aliphatic heterocycles. The monoisotopic (exact) mass is 414 g/mol. The number of carbonyl (C=O) groups is 1. The molecule has 1 saturated heterocycles. The van der Waals surface area contributed by atoms with Gasteiger partial charge in [0.05, 0.1) is 23.2 Å². The van der Waals surface area contributed by atoms with Crippen molar-refractivity contribution in [1.82, 2.24) is 19.7 Å². The molecule has 1 atom stereocenters. The molecule has 5 rings (SSSR count). The maximum Gasteiger partial charge on any atom is 0.255 e. The number of para-hydroxylation sites is 1. The van der Waals surface area contributed by atoms with Crippen molar-refractivity contribution in [3.8, 4) is 5.69 Å². The van der Waals surface area contributed by atoms with E-state index in [9.17, 15) is 9.18 Å². The second-order valence-corrected chi connectivity index (χ2v) is 7.98. The molecule has 31 heavy (non-hydrogen) atoms. The van der Waals surface area contributed by atoms with Crippen molar-refractivity contribution in [3.05, 3.63) is 89.5 Å². The van der Waals surface area contributed by atoms with Gasteiger partial charge in [0, 0.05) is 12.2 Å². The molecule has 5 nitrogen and oxygen atoms in total. The van der Waals surface area contributed by atoms with Crippen molar-refractivity contribution in [2.24, 2.45) is 0 Å². The summed E-state index contributed by atoms with van der Waals surface area (Å²) in [5.41, 5.74) is 3.21. The Morgan fingerprint density at radius 3 is 2.65 bits per heavy atom. The first kappa shape index (κ1) is 19.4. The van der Waals surface area contributed by atoms with E-state index in [-0.39, 0.29) is 17.8 Å². The molecule has 0 saturated carbocycles. The maximum absolute atomic E-state index is 14.4. The molecule has 0 bridgehead atoms. The van der Waals surface area contributed by atoms with E-state index in [1.807, 2.05) is 36.1 Å². The number of likely N-dealkylation sites (tertiary alicyclic amines) is 1. The van der Waals surface area contributed by atoms with Crippen LogP contribution in [0.4, 0.5) is 4.39 Å². The lowest BCUT2D eigenvalue weighted by molar-refractivity contribution is 0.0613. The number of nitrogens with zero attached hydrogens (tertiary/aromatic N) is 4. The van der Waals surface area contributed by atoms with Gasteiger partial charge < -0.3 is 4.90 Å². The summed E-state index contributed by atoms with van der Waals surface area (Å²) in [7, 11) is 0. The summed E-state index contributed by atoms with van der Waals surface area (Å²) in [5, 5.41) is 5.01. The van der Waals surface area contributed by atoms with Gasteiger partial charge in [-0.1, -0.05) is 42.5 Å². The minimum Gasteiger partial charge on any atom is -0.332 e. The van der Waals surface area contributed by atoms with Gasteiger partial charge in [-0.15, -0.1) is 0 Å². The van der Waals surface area contributed by atoms with Crippen LogP contribution in [0.15, 0.2) is 66.9 Å². The third-order valence-electron chi connectivity index (χ3n) is 5.93. The van der Waals surface area contributed by atoms with Crippen LogP contribution in [0, 0.1) is 12.7 Å². The molecule has 0 N–H and O–H groups in total. The second kappa shape index (κ2) is 7.95. The summed E-state index contributed by atoms with van der Waals surface area (Å²) in [6.45, 7) is 2.56. The van der Waals surface area contributed by atoms with E-state index in [0.717, 1.165) is 24.8 Å². The molecule has 0 spiro atoms. The van der Waals surface area contributed by atoms with Gasteiger partial charge >= 0.3 is 0 Å². The molecule has 156 valence electrons. The Bertz CT molecular complexity index is 1250. The van der Waals surface area contributed by atoms with Crippen LogP contribution in [0.25, 0.3) is 16.7 Å². The average Bonchev–Trinajstić information content (AvgIpc) is 3.22. The zero-order valence-corrected chi connectivity index (χ0v) is 17.3. The molecular weight excluding hydrogens is 391 g/mol. The van der Waals surface area contributed by atoms with Crippen LogP contribution in [0.1, 0.15) is 46.9 Å². The van der Waals surface area contributed by atoms with Gasteiger partial charge in [-0.25, -0.2) is 14.1 Å². The number of piperidine rings is 1. The Balaban J connectivity index is 1.60. The highest BCUT2D eigenvalue weighted by molar-refractivity contribution is 6.06. The van der Waals surface area contributed by atoms with E-state index in [1.165, 1.54) is 10.7 Å². The summed E-state index contributed by atoms with van der Waals surface area (Å²) in [6.07, 6.45) is 4.64. The quantitative estimate of drug-likeness (QED) is 0.461. The molecule has 2 aromatic heterocycles. The molecule has 0 radical (unpaired) electrons. The zero-order chi connectivity index (χ0) is 21.4. The van der Waals surface area contributed by atoms with E-state index >= 15 is 0 Å².